The second-order valence-corrected chi connectivity index (χ2v) is 7.26. The molecule has 0 rings (SSSR count). The summed E-state index contributed by atoms with van der Waals surface area (Å²) in [5.41, 5.74) is 0. The molecule has 0 aromatic heterocycles. The van der Waals surface area contributed by atoms with Gasteiger partial charge in [-0.2, -0.15) is 0 Å². The molecule has 0 bridgehead atoms. The van der Waals surface area contributed by atoms with E-state index in [2.05, 4.69) is 38.2 Å². The Hall–Kier alpha value is -1.05. The van der Waals surface area contributed by atoms with E-state index in [0.29, 0.717) is 13.0 Å². The molecule has 152 valence electrons. The first-order valence-corrected chi connectivity index (χ1v) is 11.3. The Morgan fingerprint density at radius 1 is 0.654 bits per heavy atom. The van der Waals surface area contributed by atoms with Crippen LogP contribution in [0.1, 0.15) is 117 Å². The zero-order valence-corrected chi connectivity index (χ0v) is 17.6. The summed E-state index contributed by atoms with van der Waals surface area (Å²) < 4.78 is 5.30. The molecule has 0 radical (unpaired) electrons. The third-order valence-corrected chi connectivity index (χ3v) is 4.59. The SMILES string of the molecule is CCCCC/C=C\C/C=C\CCCCCCOC(=O)CCCCCCC. The van der Waals surface area contributed by atoms with Crippen LogP contribution in [0, 0.1) is 0 Å². The second-order valence-electron chi connectivity index (χ2n) is 7.26. The highest BCUT2D eigenvalue weighted by Gasteiger charge is 2.02. The van der Waals surface area contributed by atoms with Gasteiger partial charge in [0, 0.05) is 6.42 Å². The van der Waals surface area contributed by atoms with Gasteiger partial charge in [-0.25, -0.2) is 0 Å². The third kappa shape index (κ3) is 21.0. The monoisotopic (exact) mass is 364 g/mol. The van der Waals surface area contributed by atoms with Crippen LogP contribution >= 0.6 is 0 Å². The van der Waals surface area contributed by atoms with Crippen LogP contribution < -0.4 is 0 Å². The van der Waals surface area contributed by atoms with E-state index in [-0.39, 0.29) is 5.97 Å². The normalized spacial score (nSPS) is 11.6. The molecule has 0 spiro atoms. The van der Waals surface area contributed by atoms with Crippen molar-refractivity contribution in [2.45, 2.75) is 117 Å². The van der Waals surface area contributed by atoms with Crippen molar-refractivity contribution in [3.8, 4) is 0 Å². The Kier molecular flexibility index (Phi) is 21.1. The predicted molar refractivity (Wildman–Crippen MR) is 114 cm³/mol. The van der Waals surface area contributed by atoms with Crippen LogP contribution in [0.3, 0.4) is 0 Å². The average Bonchev–Trinajstić information content (AvgIpc) is 2.64. The number of hydrogen-bond donors (Lipinski definition) is 0. The van der Waals surface area contributed by atoms with Gasteiger partial charge in [-0.15, -0.1) is 0 Å². The average molecular weight is 365 g/mol. The summed E-state index contributed by atoms with van der Waals surface area (Å²) in [6.45, 7) is 5.06. The molecule has 0 aromatic carbocycles. The molecule has 0 fully saturated rings. The zero-order valence-electron chi connectivity index (χ0n) is 17.6. The van der Waals surface area contributed by atoms with E-state index < -0.39 is 0 Å². The van der Waals surface area contributed by atoms with E-state index >= 15 is 0 Å². The molecule has 0 aliphatic heterocycles. The smallest absolute Gasteiger partial charge is 0.305 e. The van der Waals surface area contributed by atoms with Gasteiger partial charge < -0.3 is 4.74 Å². The molecule has 0 amide bonds. The van der Waals surface area contributed by atoms with Crippen molar-refractivity contribution < 1.29 is 9.53 Å². The van der Waals surface area contributed by atoms with Crippen LogP contribution in [0.5, 0.6) is 0 Å². The van der Waals surface area contributed by atoms with Gasteiger partial charge in [0.05, 0.1) is 6.61 Å². The lowest BCUT2D eigenvalue weighted by Gasteiger charge is -2.04. The highest BCUT2D eigenvalue weighted by molar-refractivity contribution is 5.69. The molecule has 0 aliphatic carbocycles. The molecular weight excluding hydrogens is 320 g/mol. The molecular formula is C24H44O2. The Morgan fingerprint density at radius 3 is 1.88 bits per heavy atom. The molecule has 0 atom stereocenters. The van der Waals surface area contributed by atoms with Crippen molar-refractivity contribution in [2.75, 3.05) is 6.61 Å². The van der Waals surface area contributed by atoms with Gasteiger partial charge in [0.1, 0.15) is 0 Å². The van der Waals surface area contributed by atoms with Crippen molar-refractivity contribution in [1.29, 1.82) is 0 Å². The van der Waals surface area contributed by atoms with Crippen molar-refractivity contribution in [1.82, 2.24) is 0 Å². The van der Waals surface area contributed by atoms with Crippen LogP contribution in [0.25, 0.3) is 0 Å². The van der Waals surface area contributed by atoms with Crippen molar-refractivity contribution >= 4 is 5.97 Å². The zero-order chi connectivity index (χ0) is 19.1. The van der Waals surface area contributed by atoms with E-state index in [1.165, 1.54) is 64.2 Å². The van der Waals surface area contributed by atoms with Gasteiger partial charge in [-0.05, 0) is 44.9 Å². The quantitative estimate of drug-likeness (QED) is 0.132. The Morgan fingerprint density at radius 2 is 1.19 bits per heavy atom. The van der Waals surface area contributed by atoms with Crippen molar-refractivity contribution in [3.05, 3.63) is 24.3 Å². The fourth-order valence-corrected chi connectivity index (χ4v) is 2.87. The fraction of sp³-hybridized carbons (Fsp3) is 0.792. The highest BCUT2D eigenvalue weighted by Crippen LogP contribution is 2.08. The van der Waals surface area contributed by atoms with E-state index in [1.807, 2.05) is 0 Å². The van der Waals surface area contributed by atoms with Gasteiger partial charge in [0.2, 0.25) is 0 Å². The van der Waals surface area contributed by atoms with Crippen LogP contribution in [0.4, 0.5) is 0 Å². The summed E-state index contributed by atoms with van der Waals surface area (Å²) in [5.74, 6) is -0.00724. The van der Waals surface area contributed by atoms with Crippen molar-refractivity contribution in [2.24, 2.45) is 0 Å². The number of rotatable bonds is 19. The molecule has 2 heteroatoms. The van der Waals surface area contributed by atoms with Crippen LogP contribution in [-0.2, 0) is 9.53 Å². The molecule has 0 aromatic rings. The lowest BCUT2D eigenvalue weighted by Crippen LogP contribution is -2.05. The maximum Gasteiger partial charge on any atom is 0.305 e. The summed E-state index contributed by atoms with van der Waals surface area (Å²) in [6, 6.07) is 0. The number of hydrogen-bond acceptors (Lipinski definition) is 2. The van der Waals surface area contributed by atoms with Crippen molar-refractivity contribution in [3.63, 3.8) is 0 Å². The summed E-state index contributed by atoms with van der Waals surface area (Å²) in [6.07, 6.45) is 27.8. The summed E-state index contributed by atoms with van der Waals surface area (Å²) in [4.78, 5) is 11.6. The largest absolute Gasteiger partial charge is 0.466 e. The first-order valence-electron chi connectivity index (χ1n) is 11.3. The van der Waals surface area contributed by atoms with Gasteiger partial charge >= 0.3 is 5.97 Å². The standard InChI is InChI=1S/C24H44O2/c1-3-5-7-9-10-11-12-13-14-15-16-17-19-21-23-26-24(25)22-20-18-8-6-4-2/h10-11,13-14H,3-9,12,15-23H2,1-2H3/b11-10-,14-13-. The topological polar surface area (TPSA) is 26.3 Å². The maximum atomic E-state index is 11.6. The molecule has 0 unspecified atom stereocenters. The second kappa shape index (κ2) is 22.0. The fourth-order valence-electron chi connectivity index (χ4n) is 2.87. The molecule has 0 aliphatic rings. The van der Waals surface area contributed by atoms with Crippen LogP contribution in [0.15, 0.2) is 24.3 Å². The first-order chi connectivity index (χ1) is 12.8. The number of allylic oxidation sites excluding steroid dienone is 4. The minimum Gasteiger partial charge on any atom is -0.466 e. The molecule has 0 heterocycles. The molecule has 0 N–H and O–H groups in total. The Balaban J connectivity index is 3.25. The van der Waals surface area contributed by atoms with E-state index in [1.54, 1.807) is 0 Å². The number of esters is 1. The Bertz CT molecular complexity index is 344. The number of carbonyl (C=O) groups is 1. The lowest BCUT2D eigenvalue weighted by atomic mass is 10.1. The van der Waals surface area contributed by atoms with Gasteiger partial charge in [0.15, 0.2) is 0 Å². The minimum atomic E-state index is -0.00724. The third-order valence-electron chi connectivity index (χ3n) is 4.59. The minimum absolute atomic E-state index is 0.00724. The van der Waals surface area contributed by atoms with Gasteiger partial charge in [-0.1, -0.05) is 89.5 Å². The Labute approximate surface area is 163 Å². The molecule has 26 heavy (non-hydrogen) atoms. The van der Waals surface area contributed by atoms with Gasteiger partial charge in [-0.3, -0.25) is 4.79 Å². The number of ether oxygens (including phenoxy) is 1. The summed E-state index contributed by atoms with van der Waals surface area (Å²) in [7, 11) is 0. The first kappa shape index (κ1) is 24.9. The maximum absolute atomic E-state index is 11.6. The lowest BCUT2D eigenvalue weighted by molar-refractivity contribution is -0.143. The highest BCUT2D eigenvalue weighted by atomic mass is 16.5. The van der Waals surface area contributed by atoms with E-state index in [4.69, 9.17) is 4.74 Å². The van der Waals surface area contributed by atoms with E-state index in [9.17, 15) is 4.79 Å². The molecule has 0 saturated carbocycles. The number of carbonyl (C=O) groups excluding carboxylic acids is 1. The van der Waals surface area contributed by atoms with Gasteiger partial charge in [0.25, 0.3) is 0 Å². The molecule has 0 saturated heterocycles. The summed E-state index contributed by atoms with van der Waals surface area (Å²) >= 11 is 0. The molecule has 2 nitrogen and oxygen atoms in total. The predicted octanol–water partition coefficient (Wildman–Crippen LogP) is 7.92. The van der Waals surface area contributed by atoms with Crippen LogP contribution in [-0.4, -0.2) is 12.6 Å². The summed E-state index contributed by atoms with van der Waals surface area (Å²) in [5, 5.41) is 0. The number of unbranched alkanes of at least 4 members (excludes halogenated alkanes) is 11. The van der Waals surface area contributed by atoms with E-state index in [0.717, 1.165) is 32.1 Å². The van der Waals surface area contributed by atoms with Crippen LogP contribution in [0.2, 0.25) is 0 Å².